The van der Waals surface area contributed by atoms with E-state index in [-0.39, 0.29) is 10.7 Å². The topological polar surface area (TPSA) is 55.4 Å². The first kappa shape index (κ1) is 34.2. The summed E-state index contributed by atoms with van der Waals surface area (Å²) in [5.41, 5.74) is 4.33. The predicted octanol–water partition coefficient (Wildman–Crippen LogP) is 7.90. The van der Waals surface area contributed by atoms with Crippen molar-refractivity contribution in [3.8, 4) is 0 Å². The molecule has 4 aromatic carbocycles. The van der Waals surface area contributed by atoms with Crippen molar-refractivity contribution in [3.63, 3.8) is 0 Å². The summed E-state index contributed by atoms with van der Waals surface area (Å²) in [6, 6.07) is 41.1. The minimum atomic E-state index is -0.608. The Kier molecular flexibility index (Phi) is 13.7. The zero-order valence-corrected chi connectivity index (χ0v) is 28.3. The number of ether oxygens (including phenoxy) is 6. The lowest BCUT2D eigenvalue weighted by molar-refractivity contribution is -0.236. The monoisotopic (exact) mass is 672 g/mol. The van der Waals surface area contributed by atoms with Crippen LogP contribution in [0.1, 0.15) is 28.7 Å². The first-order chi connectivity index (χ1) is 23.3. The highest BCUT2D eigenvalue weighted by Gasteiger charge is 2.46. The molecule has 4 aromatic rings. The highest BCUT2D eigenvalue weighted by atomic mass is 32.2. The molecule has 0 amide bonds. The lowest BCUT2D eigenvalue weighted by Crippen LogP contribution is -2.55. The van der Waals surface area contributed by atoms with Crippen molar-refractivity contribution in [1.29, 1.82) is 0 Å². The molecular formula is C39H44O6S2. The summed E-state index contributed by atoms with van der Waals surface area (Å²) in [7, 11) is 0. The van der Waals surface area contributed by atoms with E-state index in [0.29, 0.717) is 39.6 Å². The van der Waals surface area contributed by atoms with Crippen LogP contribution in [0.4, 0.5) is 0 Å². The van der Waals surface area contributed by atoms with E-state index < -0.39 is 24.6 Å². The van der Waals surface area contributed by atoms with Crippen molar-refractivity contribution in [3.05, 3.63) is 144 Å². The lowest BCUT2D eigenvalue weighted by atomic mass is 10.0. The molecule has 2 saturated heterocycles. The van der Waals surface area contributed by atoms with Crippen LogP contribution in [-0.4, -0.2) is 60.0 Å². The van der Waals surface area contributed by atoms with Gasteiger partial charge in [0.15, 0.2) is 6.29 Å². The van der Waals surface area contributed by atoms with Crippen molar-refractivity contribution in [1.82, 2.24) is 0 Å². The lowest BCUT2D eigenvalue weighted by Gasteiger charge is -2.41. The van der Waals surface area contributed by atoms with Gasteiger partial charge in [0.25, 0.3) is 0 Å². The van der Waals surface area contributed by atoms with Gasteiger partial charge < -0.3 is 28.4 Å². The van der Waals surface area contributed by atoms with Gasteiger partial charge in [0, 0.05) is 0 Å². The normalized spacial score (nSPS) is 18.5. The van der Waals surface area contributed by atoms with Crippen molar-refractivity contribution in [2.24, 2.45) is 0 Å². The van der Waals surface area contributed by atoms with E-state index >= 15 is 0 Å². The van der Waals surface area contributed by atoms with Gasteiger partial charge in [0.2, 0.25) is 0 Å². The van der Waals surface area contributed by atoms with Gasteiger partial charge in [-0.3, -0.25) is 0 Å². The van der Waals surface area contributed by atoms with Gasteiger partial charge in [-0.1, -0.05) is 121 Å². The van der Waals surface area contributed by atoms with Gasteiger partial charge in [-0.05, 0) is 40.2 Å². The Balaban J connectivity index is 1.37. The zero-order valence-electron chi connectivity index (χ0n) is 26.6. The third-order valence-corrected chi connectivity index (χ3v) is 11.2. The molecule has 2 aliphatic rings. The van der Waals surface area contributed by atoms with Crippen LogP contribution >= 0.6 is 23.5 Å². The van der Waals surface area contributed by atoms with Crippen LogP contribution < -0.4 is 0 Å². The molecule has 4 atom stereocenters. The maximum atomic E-state index is 7.01. The molecule has 0 N–H and O–H groups in total. The first-order valence-corrected chi connectivity index (χ1v) is 18.5. The molecule has 0 unspecified atom stereocenters. The number of rotatable bonds is 17. The Morgan fingerprint density at radius 3 is 1.28 bits per heavy atom. The molecule has 2 aliphatic heterocycles. The fourth-order valence-electron chi connectivity index (χ4n) is 5.74. The number of hydrogen-bond donors (Lipinski definition) is 0. The van der Waals surface area contributed by atoms with Gasteiger partial charge in [-0.15, -0.1) is 23.5 Å². The Hall–Kier alpha value is -2.66. The minimum Gasteiger partial charge on any atom is -0.369 e. The number of thioether (sulfide) groups is 2. The minimum absolute atomic E-state index is 0.149. The second kappa shape index (κ2) is 18.8. The van der Waals surface area contributed by atoms with Crippen LogP contribution in [0.15, 0.2) is 121 Å². The maximum Gasteiger partial charge on any atom is 0.186 e. The summed E-state index contributed by atoms with van der Waals surface area (Å²) in [6.07, 6.45) is -1.40. The molecule has 8 heteroatoms. The van der Waals surface area contributed by atoms with Crippen LogP contribution in [0.2, 0.25) is 0 Å². The highest BCUT2D eigenvalue weighted by molar-refractivity contribution is 8.17. The van der Waals surface area contributed by atoms with E-state index in [9.17, 15) is 0 Å². The SMILES string of the molecule is c1ccc(CO[C@H]([C@H](OCc2ccccc2)[C@@H](OCc2ccccc2)C2OCCO2)[C@@H](OCc2ccccc2)C2SCCCS2)cc1. The third-order valence-electron chi connectivity index (χ3n) is 8.15. The number of hydrogen-bond acceptors (Lipinski definition) is 8. The summed E-state index contributed by atoms with van der Waals surface area (Å²) in [6.45, 7) is 2.63. The van der Waals surface area contributed by atoms with Gasteiger partial charge in [-0.2, -0.15) is 0 Å². The highest BCUT2D eigenvalue weighted by Crippen LogP contribution is 2.39. The second-order valence-electron chi connectivity index (χ2n) is 11.6. The van der Waals surface area contributed by atoms with E-state index in [2.05, 4.69) is 60.7 Å². The molecule has 0 bridgehead atoms. The molecule has 0 spiro atoms. The second-order valence-corrected chi connectivity index (χ2v) is 14.4. The third kappa shape index (κ3) is 10.4. The molecule has 2 heterocycles. The molecule has 0 saturated carbocycles. The van der Waals surface area contributed by atoms with Crippen molar-refractivity contribution >= 4 is 23.5 Å². The van der Waals surface area contributed by atoms with Gasteiger partial charge in [-0.25, -0.2) is 0 Å². The van der Waals surface area contributed by atoms with Crippen LogP contribution in [0.3, 0.4) is 0 Å². The first-order valence-electron chi connectivity index (χ1n) is 16.4. The molecule has 2 fully saturated rings. The van der Waals surface area contributed by atoms with Crippen LogP contribution in [-0.2, 0) is 54.8 Å². The van der Waals surface area contributed by atoms with E-state index in [0.717, 1.165) is 33.8 Å². The molecular weight excluding hydrogens is 629 g/mol. The molecule has 0 aromatic heterocycles. The fourth-order valence-corrected chi connectivity index (χ4v) is 8.82. The van der Waals surface area contributed by atoms with Gasteiger partial charge in [0.1, 0.15) is 24.4 Å². The van der Waals surface area contributed by atoms with Crippen molar-refractivity contribution < 1.29 is 28.4 Å². The molecule has 47 heavy (non-hydrogen) atoms. The Morgan fingerprint density at radius 1 is 0.489 bits per heavy atom. The van der Waals surface area contributed by atoms with E-state index in [1.54, 1.807) is 0 Å². The molecule has 0 radical (unpaired) electrons. The largest absolute Gasteiger partial charge is 0.369 e. The van der Waals surface area contributed by atoms with Crippen molar-refractivity contribution in [2.45, 2.75) is 68.1 Å². The summed E-state index contributed by atoms with van der Waals surface area (Å²) in [4.78, 5) is 0. The molecule has 248 valence electrons. The van der Waals surface area contributed by atoms with Crippen LogP contribution in [0, 0.1) is 0 Å². The number of benzene rings is 4. The quantitative estimate of drug-likeness (QED) is 0.112. The summed E-state index contributed by atoms with van der Waals surface area (Å²) < 4.78 is 40.2. The van der Waals surface area contributed by atoms with E-state index in [4.69, 9.17) is 28.4 Å². The maximum absolute atomic E-state index is 7.01. The Morgan fingerprint density at radius 2 is 0.851 bits per heavy atom. The predicted molar refractivity (Wildman–Crippen MR) is 189 cm³/mol. The summed E-state index contributed by atoms with van der Waals surface area (Å²) >= 11 is 3.88. The Labute approximate surface area is 287 Å². The van der Waals surface area contributed by atoms with Crippen LogP contribution in [0.25, 0.3) is 0 Å². The molecule has 0 aliphatic carbocycles. The average Bonchev–Trinajstić information content (AvgIpc) is 3.68. The average molecular weight is 673 g/mol. The Bertz CT molecular complexity index is 1400. The summed E-state index contributed by atoms with van der Waals surface area (Å²) in [5.74, 6) is 2.15. The van der Waals surface area contributed by atoms with Crippen LogP contribution in [0.5, 0.6) is 0 Å². The van der Waals surface area contributed by atoms with Crippen molar-refractivity contribution in [2.75, 3.05) is 24.7 Å². The summed E-state index contributed by atoms with van der Waals surface area (Å²) in [5, 5.41) is 0. The van der Waals surface area contributed by atoms with E-state index in [1.807, 2.05) is 84.2 Å². The molecule has 6 nitrogen and oxygen atoms in total. The fraction of sp³-hybridized carbons (Fsp3) is 0.385. The zero-order chi connectivity index (χ0) is 31.9. The van der Waals surface area contributed by atoms with E-state index in [1.165, 1.54) is 6.42 Å². The molecule has 6 rings (SSSR count). The smallest absolute Gasteiger partial charge is 0.186 e. The van der Waals surface area contributed by atoms with Gasteiger partial charge >= 0.3 is 0 Å². The standard InChI is InChI=1S/C39H44O6S2/c1-5-14-30(15-6-1)26-42-34(36(38-40-22-23-41-38)44-28-32-18-9-3-10-19-32)35(43-27-31-16-7-2-8-17-31)37(39-46-24-13-25-47-39)45-29-33-20-11-4-12-21-33/h1-12,14-21,34-39H,13,22-29H2/t34-,35+,36+,37+/m0/s1. The van der Waals surface area contributed by atoms with Gasteiger partial charge in [0.05, 0.1) is 44.2 Å².